The van der Waals surface area contributed by atoms with Crippen LogP contribution in [-0.2, 0) is 4.79 Å². The molecule has 1 fully saturated rings. The zero-order chi connectivity index (χ0) is 22.2. The third kappa shape index (κ3) is 3.85. The summed E-state index contributed by atoms with van der Waals surface area (Å²) in [5.41, 5.74) is 4.58. The topological polar surface area (TPSA) is 75.4 Å². The van der Waals surface area contributed by atoms with Crippen LogP contribution in [0.2, 0.25) is 0 Å². The molecular formula is C25H20N6OS. The Morgan fingerprint density at radius 3 is 2.67 bits per heavy atom. The number of nitrogens with one attached hydrogen (secondary N) is 1. The summed E-state index contributed by atoms with van der Waals surface area (Å²) in [6.07, 6.45) is 5.57. The van der Waals surface area contributed by atoms with Crippen molar-refractivity contribution in [3.8, 4) is 22.5 Å². The van der Waals surface area contributed by atoms with Gasteiger partial charge in [-0.2, -0.15) is 0 Å². The largest absolute Gasteiger partial charge is 0.355 e. The van der Waals surface area contributed by atoms with Gasteiger partial charge in [0.15, 0.2) is 4.96 Å². The molecule has 1 saturated heterocycles. The second-order valence-electron chi connectivity index (χ2n) is 8.02. The zero-order valence-corrected chi connectivity index (χ0v) is 18.4. The number of benzene rings is 2. The quantitative estimate of drug-likeness (QED) is 0.422. The average molecular weight is 453 g/mol. The van der Waals surface area contributed by atoms with Crippen LogP contribution in [0.15, 0.2) is 84.8 Å². The van der Waals surface area contributed by atoms with Gasteiger partial charge in [0.25, 0.3) is 0 Å². The van der Waals surface area contributed by atoms with Gasteiger partial charge in [0.2, 0.25) is 5.91 Å². The number of carbonyl (C=O) groups is 1. The maximum Gasteiger partial charge on any atom is 0.231 e. The first-order valence-electron chi connectivity index (χ1n) is 10.7. The van der Waals surface area contributed by atoms with E-state index in [0.717, 1.165) is 39.0 Å². The average Bonchev–Trinajstić information content (AvgIpc) is 3.42. The Labute approximate surface area is 194 Å². The van der Waals surface area contributed by atoms with Crippen LogP contribution in [0.4, 0.5) is 11.5 Å². The summed E-state index contributed by atoms with van der Waals surface area (Å²) in [5.74, 6) is 0.781. The minimum Gasteiger partial charge on any atom is -0.355 e. The molecule has 1 aliphatic rings. The fourth-order valence-electron chi connectivity index (χ4n) is 3.99. The summed E-state index contributed by atoms with van der Waals surface area (Å²) < 4.78 is 2.00. The highest BCUT2D eigenvalue weighted by Gasteiger charge is 2.33. The number of imidazole rings is 1. The van der Waals surface area contributed by atoms with Gasteiger partial charge in [-0.15, -0.1) is 11.3 Å². The fourth-order valence-corrected chi connectivity index (χ4v) is 4.69. The molecule has 0 radical (unpaired) electrons. The number of amides is 1. The molecule has 1 amide bonds. The molecule has 7 nitrogen and oxygen atoms in total. The predicted molar refractivity (Wildman–Crippen MR) is 130 cm³/mol. The number of hydrogen-bond acceptors (Lipinski definition) is 6. The van der Waals surface area contributed by atoms with E-state index in [0.29, 0.717) is 13.1 Å². The second kappa shape index (κ2) is 8.14. The van der Waals surface area contributed by atoms with E-state index < -0.39 is 0 Å². The smallest absolute Gasteiger partial charge is 0.231 e. The van der Waals surface area contributed by atoms with Crippen LogP contribution in [0.25, 0.3) is 27.5 Å². The third-order valence-electron chi connectivity index (χ3n) is 5.82. The lowest BCUT2D eigenvalue weighted by molar-refractivity contribution is -0.120. The van der Waals surface area contributed by atoms with Crippen molar-refractivity contribution in [3.63, 3.8) is 0 Å². The van der Waals surface area contributed by atoms with Crippen molar-refractivity contribution in [2.45, 2.75) is 0 Å². The molecule has 0 unspecified atom stereocenters. The predicted octanol–water partition coefficient (Wildman–Crippen LogP) is 4.59. The van der Waals surface area contributed by atoms with Crippen molar-refractivity contribution < 1.29 is 4.79 Å². The Hall–Kier alpha value is -4.04. The molecule has 0 aliphatic carbocycles. The van der Waals surface area contributed by atoms with E-state index in [9.17, 15) is 4.79 Å². The molecular weight excluding hydrogens is 432 g/mol. The molecule has 0 bridgehead atoms. The summed E-state index contributed by atoms with van der Waals surface area (Å²) in [4.78, 5) is 29.3. The lowest BCUT2D eigenvalue weighted by Gasteiger charge is -2.39. The maximum absolute atomic E-state index is 12.8. The van der Waals surface area contributed by atoms with E-state index in [1.54, 1.807) is 17.7 Å². The highest BCUT2D eigenvalue weighted by molar-refractivity contribution is 7.15. The SMILES string of the molecule is O=C(Nc1cccc(-c2cn3ccsc3n2)c1)C1CN(c2cc(-c3ccccc3)ncn2)C1. The Kier molecular flexibility index (Phi) is 4.84. The summed E-state index contributed by atoms with van der Waals surface area (Å²) in [6, 6.07) is 19.8. The van der Waals surface area contributed by atoms with E-state index in [-0.39, 0.29) is 11.8 Å². The van der Waals surface area contributed by atoms with E-state index in [4.69, 9.17) is 0 Å². The molecule has 0 atom stereocenters. The number of nitrogens with zero attached hydrogens (tertiary/aromatic N) is 5. The van der Waals surface area contributed by atoms with Gasteiger partial charge in [0.05, 0.1) is 17.3 Å². The number of aromatic nitrogens is 4. The van der Waals surface area contributed by atoms with Crippen LogP contribution in [0, 0.1) is 5.92 Å². The van der Waals surface area contributed by atoms with Crippen LogP contribution in [0.5, 0.6) is 0 Å². The maximum atomic E-state index is 12.8. The number of hydrogen-bond donors (Lipinski definition) is 1. The first-order chi connectivity index (χ1) is 16.2. The standard InChI is InChI=1S/C25H20N6OS/c32-24(28-20-8-4-7-18(11-20)22-15-30-9-10-33-25(30)29-22)19-13-31(14-19)23-12-21(26-16-27-23)17-5-2-1-3-6-17/h1-12,15-16,19H,13-14H2,(H,28,32). The van der Waals surface area contributed by atoms with Gasteiger partial charge in [-0.1, -0.05) is 42.5 Å². The van der Waals surface area contributed by atoms with Crippen LogP contribution >= 0.6 is 11.3 Å². The molecule has 162 valence electrons. The van der Waals surface area contributed by atoms with Crippen molar-refractivity contribution in [3.05, 3.63) is 84.8 Å². The second-order valence-corrected chi connectivity index (χ2v) is 8.89. The molecule has 6 rings (SSSR count). The Morgan fingerprint density at radius 2 is 1.82 bits per heavy atom. The lowest BCUT2D eigenvalue weighted by Crippen LogP contribution is -2.52. The molecule has 8 heteroatoms. The van der Waals surface area contributed by atoms with E-state index in [2.05, 4.69) is 25.2 Å². The summed E-state index contributed by atoms with van der Waals surface area (Å²) in [6.45, 7) is 1.27. The molecule has 0 saturated carbocycles. The fraction of sp³-hybridized carbons (Fsp3) is 0.120. The van der Waals surface area contributed by atoms with E-state index >= 15 is 0 Å². The van der Waals surface area contributed by atoms with Gasteiger partial charge < -0.3 is 10.2 Å². The molecule has 5 aromatic rings. The summed E-state index contributed by atoms with van der Waals surface area (Å²) >= 11 is 1.60. The molecule has 0 spiro atoms. The van der Waals surface area contributed by atoms with Gasteiger partial charge in [-0.25, -0.2) is 15.0 Å². The summed E-state index contributed by atoms with van der Waals surface area (Å²) in [7, 11) is 0. The van der Waals surface area contributed by atoms with Gasteiger partial charge >= 0.3 is 0 Å². The molecule has 1 aliphatic heterocycles. The molecule has 1 N–H and O–H groups in total. The van der Waals surface area contributed by atoms with Crippen molar-refractivity contribution >= 4 is 33.7 Å². The van der Waals surface area contributed by atoms with Crippen LogP contribution in [0.3, 0.4) is 0 Å². The Bertz CT molecular complexity index is 1410. The van der Waals surface area contributed by atoms with Crippen LogP contribution < -0.4 is 10.2 Å². The molecule has 33 heavy (non-hydrogen) atoms. The van der Waals surface area contributed by atoms with Crippen LogP contribution in [0.1, 0.15) is 0 Å². The van der Waals surface area contributed by atoms with Crippen molar-refractivity contribution in [2.75, 3.05) is 23.3 Å². The first kappa shape index (κ1) is 19.6. The van der Waals surface area contributed by atoms with Crippen molar-refractivity contribution in [1.29, 1.82) is 0 Å². The third-order valence-corrected chi connectivity index (χ3v) is 6.59. The van der Waals surface area contributed by atoms with Gasteiger partial charge in [-0.3, -0.25) is 9.20 Å². The monoisotopic (exact) mass is 452 g/mol. The number of fused-ring (bicyclic) bond motifs is 1. The molecule has 4 heterocycles. The lowest BCUT2D eigenvalue weighted by atomic mass is 9.98. The zero-order valence-electron chi connectivity index (χ0n) is 17.6. The Morgan fingerprint density at radius 1 is 0.970 bits per heavy atom. The number of anilines is 2. The van der Waals surface area contributed by atoms with Gasteiger partial charge in [0, 0.05) is 53.7 Å². The Balaban J connectivity index is 1.11. The highest BCUT2D eigenvalue weighted by atomic mass is 32.1. The summed E-state index contributed by atoms with van der Waals surface area (Å²) in [5, 5.41) is 5.07. The minimum atomic E-state index is -0.0817. The van der Waals surface area contributed by atoms with E-state index in [1.807, 2.05) is 82.8 Å². The minimum absolute atomic E-state index is 0.0200. The van der Waals surface area contributed by atoms with Crippen LogP contribution in [-0.4, -0.2) is 38.3 Å². The number of carbonyl (C=O) groups excluding carboxylic acids is 1. The number of thiazole rings is 1. The van der Waals surface area contributed by atoms with Gasteiger partial charge in [-0.05, 0) is 12.1 Å². The number of rotatable bonds is 5. The van der Waals surface area contributed by atoms with E-state index in [1.165, 1.54) is 0 Å². The van der Waals surface area contributed by atoms with Gasteiger partial charge in [0.1, 0.15) is 12.1 Å². The highest BCUT2D eigenvalue weighted by Crippen LogP contribution is 2.28. The molecule has 2 aromatic carbocycles. The first-order valence-corrected chi connectivity index (χ1v) is 11.6. The molecule has 3 aromatic heterocycles. The van der Waals surface area contributed by atoms with Crippen molar-refractivity contribution in [2.24, 2.45) is 5.92 Å². The van der Waals surface area contributed by atoms with Crippen molar-refractivity contribution in [1.82, 2.24) is 19.4 Å². The normalized spacial score (nSPS) is 13.8.